The Morgan fingerprint density at radius 1 is 0.562 bits per heavy atom. The van der Waals surface area contributed by atoms with E-state index < -0.39 is 23.6 Å². The monoisotopic (exact) mass is 570 g/mol. The number of halogens is 2. The van der Waals surface area contributed by atoms with E-state index >= 15 is 0 Å². The minimum atomic E-state index is -0.581. The van der Waals surface area contributed by atoms with Crippen molar-refractivity contribution in [3.63, 3.8) is 0 Å². The number of amides is 4. The molecule has 0 saturated heterocycles. The molecule has 0 atom stereocenters. The maximum absolute atomic E-state index is 11.7. The Balaban J connectivity index is 1.54. The molecule has 0 aromatic heterocycles. The summed E-state index contributed by atoms with van der Waals surface area (Å²) in [5.74, 6) is -1.30. The summed E-state index contributed by atoms with van der Waals surface area (Å²) in [5, 5.41) is 0. The van der Waals surface area contributed by atoms with Crippen LogP contribution in [-0.4, -0.2) is 36.8 Å². The van der Waals surface area contributed by atoms with Crippen molar-refractivity contribution >= 4 is 55.5 Å². The Kier molecular flexibility index (Phi) is 10.5. The van der Waals surface area contributed by atoms with Crippen molar-refractivity contribution in [3.8, 4) is 11.5 Å². The summed E-state index contributed by atoms with van der Waals surface area (Å²) in [6, 6.07) is 13.8. The van der Waals surface area contributed by atoms with Gasteiger partial charge < -0.3 is 9.47 Å². The van der Waals surface area contributed by atoms with Gasteiger partial charge in [0, 0.05) is 21.8 Å². The summed E-state index contributed by atoms with van der Waals surface area (Å²) >= 11 is 6.57. The van der Waals surface area contributed by atoms with Crippen LogP contribution in [0, 0.1) is 0 Å². The molecule has 32 heavy (non-hydrogen) atoms. The van der Waals surface area contributed by atoms with Crippen LogP contribution < -0.4 is 31.2 Å². The number of benzene rings is 2. The van der Waals surface area contributed by atoms with E-state index in [2.05, 4.69) is 53.6 Å². The Morgan fingerprint density at radius 3 is 1.22 bits per heavy atom. The number of rotatable bonds is 9. The van der Waals surface area contributed by atoms with Crippen molar-refractivity contribution in [1.82, 2.24) is 21.7 Å². The second kappa shape index (κ2) is 13.3. The molecule has 10 nitrogen and oxygen atoms in total. The number of hydrogen-bond donors (Lipinski definition) is 4. The molecule has 0 aliphatic heterocycles. The lowest BCUT2D eigenvalue weighted by atomic mass is 10.3. The van der Waals surface area contributed by atoms with Gasteiger partial charge in [0.1, 0.15) is 11.5 Å². The van der Waals surface area contributed by atoms with Gasteiger partial charge in [0.25, 0.3) is 11.8 Å². The lowest BCUT2D eigenvalue weighted by molar-refractivity contribution is -0.132. The third-order valence-electron chi connectivity index (χ3n) is 3.63. The van der Waals surface area contributed by atoms with Crippen LogP contribution in [0.1, 0.15) is 12.8 Å². The zero-order valence-corrected chi connectivity index (χ0v) is 19.8. The number of ether oxygens (including phenoxy) is 2. The van der Waals surface area contributed by atoms with Crippen LogP contribution in [-0.2, 0) is 19.2 Å². The Hall–Kier alpha value is -3.12. The smallest absolute Gasteiger partial charge is 0.276 e. The third-order valence-corrected chi connectivity index (χ3v) is 4.69. The van der Waals surface area contributed by atoms with Crippen LogP contribution in [0.15, 0.2) is 57.5 Å². The lowest BCUT2D eigenvalue weighted by Gasteiger charge is -2.10. The highest BCUT2D eigenvalue weighted by molar-refractivity contribution is 9.10. The number of carbonyl (C=O) groups is 4. The summed E-state index contributed by atoms with van der Waals surface area (Å²) in [7, 11) is 0. The SMILES string of the molecule is O=C(CCC(=O)NNC(=O)COc1ccc(Br)cc1)NNC(=O)COc1ccc(Br)cc1. The highest BCUT2D eigenvalue weighted by Gasteiger charge is 2.10. The van der Waals surface area contributed by atoms with Gasteiger partial charge >= 0.3 is 0 Å². The highest BCUT2D eigenvalue weighted by atomic mass is 79.9. The summed E-state index contributed by atoms with van der Waals surface area (Å²) < 4.78 is 12.3. The first-order valence-corrected chi connectivity index (χ1v) is 10.8. The van der Waals surface area contributed by atoms with Gasteiger partial charge in [-0.1, -0.05) is 31.9 Å². The molecule has 0 spiro atoms. The lowest BCUT2D eigenvalue weighted by Crippen LogP contribution is -2.45. The highest BCUT2D eigenvalue weighted by Crippen LogP contribution is 2.16. The molecule has 170 valence electrons. The fourth-order valence-electron chi connectivity index (χ4n) is 2.06. The van der Waals surface area contributed by atoms with Gasteiger partial charge in [-0.05, 0) is 48.5 Å². The summed E-state index contributed by atoms with van der Waals surface area (Å²) in [6.45, 7) is -0.590. The molecular weight excluding hydrogens is 552 g/mol. The molecule has 2 rings (SSSR count). The fourth-order valence-corrected chi connectivity index (χ4v) is 2.59. The van der Waals surface area contributed by atoms with Crippen LogP contribution in [0.5, 0.6) is 11.5 Å². The van der Waals surface area contributed by atoms with E-state index in [1.54, 1.807) is 48.5 Å². The van der Waals surface area contributed by atoms with Crippen molar-refractivity contribution in [2.45, 2.75) is 12.8 Å². The first-order valence-electron chi connectivity index (χ1n) is 9.24. The molecule has 4 amide bonds. The summed E-state index contributed by atoms with van der Waals surface area (Å²) in [4.78, 5) is 46.8. The predicted molar refractivity (Wildman–Crippen MR) is 121 cm³/mol. The van der Waals surface area contributed by atoms with Crippen LogP contribution in [0.2, 0.25) is 0 Å². The van der Waals surface area contributed by atoms with Gasteiger partial charge in [-0.2, -0.15) is 0 Å². The van der Waals surface area contributed by atoms with Gasteiger partial charge in [-0.15, -0.1) is 0 Å². The summed E-state index contributed by atoms with van der Waals surface area (Å²) in [6.07, 6.45) is -0.407. The quantitative estimate of drug-likeness (QED) is 0.339. The normalized spacial score (nSPS) is 9.94. The number of carbonyl (C=O) groups excluding carboxylic acids is 4. The molecular formula is C20H20Br2N4O6. The molecule has 0 aliphatic rings. The Morgan fingerprint density at radius 2 is 0.875 bits per heavy atom. The molecule has 0 aliphatic carbocycles. The molecule has 0 fully saturated rings. The molecule has 0 heterocycles. The zero-order chi connectivity index (χ0) is 23.3. The van der Waals surface area contributed by atoms with Crippen LogP contribution in [0.3, 0.4) is 0 Å². The largest absolute Gasteiger partial charge is 0.484 e. The first-order chi connectivity index (χ1) is 15.3. The standard InChI is InChI=1S/C20H20Br2N4O6/c21-13-1-5-15(6-2-13)31-11-19(29)25-23-17(27)9-10-18(28)24-26-20(30)12-32-16-7-3-14(22)4-8-16/h1-8H,9-12H2,(H,23,27)(H,24,28)(H,25,29)(H,26,30). The van der Waals surface area contributed by atoms with Crippen LogP contribution >= 0.6 is 31.9 Å². The van der Waals surface area contributed by atoms with Gasteiger partial charge in [0.2, 0.25) is 11.8 Å². The second-order valence-electron chi connectivity index (χ2n) is 6.18. The van der Waals surface area contributed by atoms with Gasteiger partial charge in [0.15, 0.2) is 13.2 Å². The van der Waals surface area contributed by atoms with E-state index in [4.69, 9.17) is 9.47 Å². The molecule has 12 heteroatoms. The first kappa shape index (κ1) is 25.1. The summed E-state index contributed by atoms with van der Waals surface area (Å²) in [5.41, 5.74) is 8.71. The van der Waals surface area contributed by atoms with Gasteiger partial charge in [0.05, 0.1) is 0 Å². The Labute approximate surface area is 200 Å². The van der Waals surface area contributed by atoms with E-state index in [1.165, 1.54) is 0 Å². The zero-order valence-electron chi connectivity index (χ0n) is 16.7. The van der Waals surface area contributed by atoms with Crippen LogP contribution in [0.4, 0.5) is 0 Å². The molecule has 0 unspecified atom stereocenters. The Bertz CT molecular complexity index is 861. The van der Waals surface area contributed by atoms with Crippen molar-refractivity contribution in [2.24, 2.45) is 0 Å². The average Bonchev–Trinajstić information content (AvgIpc) is 2.79. The van der Waals surface area contributed by atoms with Crippen molar-refractivity contribution in [1.29, 1.82) is 0 Å². The van der Waals surface area contributed by atoms with E-state index in [1.807, 2.05) is 0 Å². The number of hydrogen-bond acceptors (Lipinski definition) is 6. The number of nitrogens with one attached hydrogen (secondary N) is 4. The maximum atomic E-state index is 11.7. The van der Waals surface area contributed by atoms with Crippen molar-refractivity contribution in [3.05, 3.63) is 57.5 Å². The molecule has 2 aromatic rings. The predicted octanol–water partition coefficient (Wildman–Crippen LogP) is 1.74. The van der Waals surface area contributed by atoms with E-state index in [0.717, 1.165) is 8.95 Å². The average molecular weight is 572 g/mol. The van der Waals surface area contributed by atoms with Gasteiger partial charge in [-0.25, -0.2) is 0 Å². The third kappa shape index (κ3) is 10.3. The maximum Gasteiger partial charge on any atom is 0.276 e. The van der Waals surface area contributed by atoms with Crippen molar-refractivity contribution < 1.29 is 28.7 Å². The molecule has 0 bridgehead atoms. The molecule has 4 N–H and O–H groups in total. The minimum absolute atomic E-state index is 0.203. The van der Waals surface area contributed by atoms with Crippen LogP contribution in [0.25, 0.3) is 0 Å². The second-order valence-corrected chi connectivity index (χ2v) is 8.01. The molecule has 0 saturated carbocycles. The van der Waals surface area contributed by atoms with E-state index in [0.29, 0.717) is 11.5 Å². The topological polar surface area (TPSA) is 135 Å². The molecule has 2 aromatic carbocycles. The van der Waals surface area contributed by atoms with Gasteiger partial charge in [-0.3, -0.25) is 40.9 Å². The number of hydrazine groups is 2. The van der Waals surface area contributed by atoms with E-state index in [-0.39, 0.29) is 26.1 Å². The fraction of sp³-hybridized carbons (Fsp3) is 0.200. The molecule has 0 radical (unpaired) electrons. The van der Waals surface area contributed by atoms with Crippen molar-refractivity contribution in [2.75, 3.05) is 13.2 Å². The van der Waals surface area contributed by atoms with E-state index in [9.17, 15) is 19.2 Å². The minimum Gasteiger partial charge on any atom is -0.484 e.